The number of allylic oxidation sites excluding steroid dienone is 2. The molecule has 8 heteroatoms. The molecule has 3 rings (SSSR count). The lowest BCUT2D eigenvalue weighted by molar-refractivity contribution is -0.120. The number of ketones is 2. The molecular weight excluding hydrogens is 316 g/mol. The van der Waals surface area contributed by atoms with Crippen LogP contribution in [0.15, 0.2) is 22.5 Å². The van der Waals surface area contributed by atoms with Crippen LogP contribution in [-0.2, 0) is 19.1 Å². The number of hydrogen-bond donors (Lipinski definition) is 2. The van der Waals surface area contributed by atoms with Crippen LogP contribution in [0.2, 0.25) is 0 Å². The van der Waals surface area contributed by atoms with Crippen molar-refractivity contribution < 1.29 is 29.3 Å². The summed E-state index contributed by atoms with van der Waals surface area (Å²) in [7, 11) is 2.79. The molecule has 1 aliphatic carbocycles. The van der Waals surface area contributed by atoms with Gasteiger partial charge >= 0.3 is 0 Å². The molecule has 0 radical (unpaired) electrons. The van der Waals surface area contributed by atoms with E-state index in [1.165, 1.54) is 14.2 Å². The van der Waals surface area contributed by atoms with Crippen LogP contribution in [0.25, 0.3) is 0 Å². The maximum atomic E-state index is 13.1. The highest BCUT2D eigenvalue weighted by Crippen LogP contribution is 2.37. The van der Waals surface area contributed by atoms with Gasteiger partial charge in [0.2, 0.25) is 11.6 Å². The summed E-state index contributed by atoms with van der Waals surface area (Å²) in [6, 6.07) is 0. The zero-order chi connectivity index (χ0) is 17.4. The summed E-state index contributed by atoms with van der Waals surface area (Å²) in [6.45, 7) is 1.90. The summed E-state index contributed by atoms with van der Waals surface area (Å²) in [5, 5.41) is 19.1. The van der Waals surface area contributed by atoms with E-state index >= 15 is 0 Å². The Hall–Kier alpha value is -1.74. The quantitative estimate of drug-likeness (QED) is 0.399. The fraction of sp³-hybridized carbons (Fsp3) is 0.625. The molecule has 0 spiro atoms. The fourth-order valence-electron chi connectivity index (χ4n) is 3.05. The molecule has 2 aliphatic heterocycles. The van der Waals surface area contributed by atoms with Gasteiger partial charge in [-0.3, -0.25) is 9.59 Å². The number of aliphatic hydroxyl groups is 2. The number of hydrogen-bond acceptors (Lipinski definition) is 8. The Morgan fingerprint density at radius 1 is 0.833 bits per heavy atom. The largest absolute Gasteiger partial charge is 0.393 e. The van der Waals surface area contributed by atoms with Crippen LogP contribution in [0.5, 0.6) is 0 Å². The SMILES string of the molecule is COC(CO)C1=C(N2CC2)C(=O)C(C(CO)OC)=C(N2CC2)C1=O. The highest BCUT2D eigenvalue weighted by atomic mass is 16.5. The van der Waals surface area contributed by atoms with Crippen molar-refractivity contribution in [3.05, 3.63) is 22.5 Å². The number of rotatable bonds is 8. The first-order valence-electron chi connectivity index (χ1n) is 7.93. The van der Waals surface area contributed by atoms with E-state index in [2.05, 4.69) is 0 Å². The average Bonchev–Trinajstić information content (AvgIpc) is 3.46. The summed E-state index contributed by atoms with van der Waals surface area (Å²) in [5.74, 6) is -0.666. The van der Waals surface area contributed by atoms with Gasteiger partial charge in [0, 0.05) is 40.4 Å². The summed E-state index contributed by atoms with van der Waals surface area (Å²) in [6.07, 6.45) is -1.72. The zero-order valence-corrected chi connectivity index (χ0v) is 13.8. The molecule has 0 saturated carbocycles. The Balaban J connectivity index is 2.13. The van der Waals surface area contributed by atoms with E-state index < -0.39 is 25.4 Å². The monoisotopic (exact) mass is 338 g/mol. The second-order valence-corrected chi connectivity index (χ2v) is 5.97. The minimum Gasteiger partial charge on any atom is -0.393 e. The van der Waals surface area contributed by atoms with Gasteiger partial charge in [0.25, 0.3) is 0 Å². The van der Waals surface area contributed by atoms with E-state index in [4.69, 9.17) is 9.47 Å². The third-order valence-electron chi connectivity index (χ3n) is 4.50. The first-order chi connectivity index (χ1) is 11.6. The Labute approximate surface area is 139 Å². The van der Waals surface area contributed by atoms with Crippen LogP contribution in [0.4, 0.5) is 0 Å². The number of ether oxygens (including phenoxy) is 2. The minimum atomic E-state index is -0.858. The van der Waals surface area contributed by atoms with Crippen molar-refractivity contribution >= 4 is 11.6 Å². The number of aliphatic hydroxyl groups excluding tert-OH is 2. The second-order valence-electron chi connectivity index (χ2n) is 5.97. The van der Waals surface area contributed by atoms with Crippen LogP contribution in [0.3, 0.4) is 0 Å². The lowest BCUT2D eigenvalue weighted by Gasteiger charge is -2.30. The van der Waals surface area contributed by atoms with Gasteiger partial charge in [-0.1, -0.05) is 0 Å². The third kappa shape index (κ3) is 2.75. The van der Waals surface area contributed by atoms with E-state index in [0.717, 1.165) is 0 Å². The van der Waals surface area contributed by atoms with Gasteiger partial charge in [0.15, 0.2) is 0 Å². The molecule has 0 amide bonds. The molecule has 8 nitrogen and oxygen atoms in total. The summed E-state index contributed by atoms with van der Waals surface area (Å²) >= 11 is 0. The maximum Gasteiger partial charge on any atom is 0.210 e. The molecule has 0 aromatic carbocycles. The smallest absolute Gasteiger partial charge is 0.210 e. The van der Waals surface area contributed by atoms with Gasteiger partial charge < -0.3 is 29.5 Å². The Morgan fingerprint density at radius 3 is 1.38 bits per heavy atom. The highest BCUT2D eigenvalue weighted by Gasteiger charge is 2.47. The van der Waals surface area contributed by atoms with Crippen molar-refractivity contribution in [1.82, 2.24) is 9.80 Å². The number of methoxy groups -OCH3 is 2. The zero-order valence-electron chi connectivity index (χ0n) is 13.8. The van der Waals surface area contributed by atoms with Gasteiger partial charge in [-0.2, -0.15) is 0 Å². The van der Waals surface area contributed by atoms with Gasteiger partial charge in [-0.15, -0.1) is 0 Å². The topological polar surface area (TPSA) is 99.1 Å². The molecule has 0 bridgehead atoms. The molecule has 2 saturated heterocycles. The standard InChI is InChI=1S/C16H22N2O6/c1-23-9(7-19)11-13(17-3-4-17)16(22)12(10(8-20)24-2)14(15(11)21)18-5-6-18/h9-10,19-20H,3-8H2,1-2H3. The van der Waals surface area contributed by atoms with E-state index in [-0.39, 0.29) is 34.1 Å². The Kier molecular flexibility index (Phi) is 4.73. The molecule has 2 atom stereocenters. The van der Waals surface area contributed by atoms with Crippen LogP contribution >= 0.6 is 0 Å². The average molecular weight is 338 g/mol. The number of carbonyl (C=O) groups excluding carboxylic acids is 2. The van der Waals surface area contributed by atoms with Crippen LogP contribution in [-0.4, -0.2) is 97.4 Å². The third-order valence-corrected chi connectivity index (χ3v) is 4.50. The molecular formula is C16H22N2O6. The lowest BCUT2D eigenvalue weighted by atomic mass is 9.85. The van der Waals surface area contributed by atoms with Gasteiger partial charge in [-0.25, -0.2) is 0 Å². The van der Waals surface area contributed by atoms with Gasteiger partial charge in [0.05, 0.1) is 35.8 Å². The van der Waals surface area contributed by atoms with Crippen LogP contribution in [0.1, 0.15) is 0 Å². The van der Waals surface area contributed by atoms with Crippen molar-refractivity contribution in [2.24, 2.45) is 0 Å². The molecule has 0 aromatic heterocycles. The molecule has 132 valence electrons. The first kappa shape index (κ1) is 17.1. The Bertz CT molecular complexity index is 556. The number of carbonyl (C=O) groups is 2. The molecule has 24 heavy (non-hydrogen) atoms. The highest BCUT2D eigenvalue weighted by molar-refractivity contribution is 6.25. The maximum absolute atomic E-state index is 13.1. The molecule has 3 aliphatic rings. The van der Waals surface area contributed by atoms with Crippen molar-refractivity contribution in [2.45, 2.75) is 12.2 Å². The van der Waals surface area contributed by atoms with Crippen molar-refractivity contribution in [3.8, 4) is 0 Å². The normalized spacial score (nSPS) is 23.2. The number of nitrogens with zero attached hydrogens (tertiary/aromatic N) is 2. The predicted molar refractivity (Wildman–Crippen MR) is 83.0 cm³/mol. The lowest BCUT2D eigenvalue weighted by Crippen LogP contribution is -2.40. The fourth-order valence-corrected chi connectivity index (χ4v) is 3.05. The van der Waals surface area contributed by atoms with Crippen molar-refractivity contribution in [1.29, 1.82) is 0 Å². The van der Waals surface area contributed by atoms with Crippen molar-refractivity contribution in [3.63, 3.8) is 0 Å². The van der Waals surface area contributed by atoms with E-state index in [9.17, 15) is 19.8 Å². The number of Topliss-reactive ketones (excluding diaryl/α,β-unsaturated/α-hetero) is 2. The van der Waals surface area contributed by atoms with Gasteiger partial charge in [0.1, 0.15) is 12.2 Å². The van der Waals surface area contributed by atoms with Gasteiger partial charge in [-0.05, 0) is 0 Å². The molecule has 2 heterocycles. The van der Waals surface area contributed by atoms with E-state index in [1.807, 2.05) is 0 Å². The Morgan fingerprint density at radius 2 is 1.17 bits per heavy atom. The van der Waals surface area contributed by atoms with Crippen LogP contribution < -0.4 is 0 Å². The first-order valence-corrected chi connectivity index (χ1v) is 7.93. The predicted octanol–water partition coefficient (Wildman–Crippen LogP) is -1.71. The van der Waals surface area contributed by atoms with Crippen LogP contribution in [0, 0.1) is 0 Å². The summed E-state index contributed by atoms with van der Waals surface area (Å²) < 4.78 is 10.5. The van der Waals surface area contributed by atoms with E-state index in [1.54, 1.807) is 9.80 Å². The van der Waals surface area contributed by atoms with E-state index in [0.29, 0.717) is 26.2 Å². The molecule has 2 N–H and O–H groups in total. The summed E-state index contributed by atoms with van der Waals surface area (Å²) in [5.41, 5.74) is 0.913. The molecule has 2 fully saturated rings. The molecule has 2 unspecified atom stereocenters. The molecule has 0 aromatic rings. The minimum absolute atomic E-state index is 0.195. The summed E-state index contributed by atoms with van der Waals surface area (Å²) in [4.78, 5) is 29.8. The second kappa shape index (κ2) is 6.64. The van der Waals surface area contributed by atoms with Crippen molar-refractivity contribution in [2.75, 3.05) is 53.6 Å².